The number of hydrogen-bond donors (Lipinski definition) is 0. The average Bonchev–Trinajstić information content (AvgIpc) is 3.24. The molecule has 0 fully saturated rings. The van der Waals surface area contributed by atoms with Crippen LogP contribution >= 0.6 is 0 Å². The van der Waals surface area contributed by atoms with Gasteiger partial charge in [-0.05, 0) is 64.1 Å². The number of rotatable bonds is 2. The molecule has 26 heavy (non-hydrogen) atoms. The molecule has 0 aliphatic heterocycles. The summed E-state index contributed by atoms with van der Waals surface area (Å²) in [5.74, 6) is 1.03. The summed E-state index contributed by atoms with van der Waals surface area (Å²) in [6, 6.07) is 21.8. The fourth-order valence-corrected chi connectivity index (χ4v) is 4.04. The fourth-order valence-electron chi connectivity index (χ4n) is 4.04. The zero-order valence-electron chi connectivity index (χ0n) is 15.0. The summed E-state index contributed by atoms with van der Waals surface area (Å²) in [4.78, 5) is 0. The fraction of sp³-hybridized carbons (Fsp3) is 0.120. The van der Waals surface area contributed by atoms with E-state index in [0.717, 1.165) is 12.2 Å². The second-order valence-electron chi connectivity index (χ2n) is 7.12. The van der Waals surface area contributed by atoms with Crippen LogP contribution in [0.2, 0.25) is 0 Å². The van der Waals surface area contributed by atoms with Gasteiger partial charge >= 0.3 is 0 Å². The van der Waals surface area contributed by atoms with Crippen LogP contribution in [0.15, 0.2) is 71.3 Å². The van der Waals surface area contributed by atoms with Gasteiger partial charge in [0.2, 0.25) is 0 Å². The molecule has 0 N–H and O–H groups in total. The van der Waals surface area contributed by atoms with Gasteiger partial charge in [-0.2, -0.15) is 0 Å². The zero-order valence-corrected chi connectivity index (χ0v) is 15.0. The minimum absolute atomic E-state index is 0.919. The maximum absolute atomic E-state index is 5.86. The molecule has 0 radical (unpaired) electrons. The molecule has 0 saturated heterocycles. The maximum Gasteiger partial charge on any atom is 0.133 e. The molecular weight excluding hydrogens is 316 g/mol. The Morgan fingerprint density at radius 1 is 0.808 bits per heavy atom. The lowest BCUT2D eigenvalue weighted by Crippen LogP contribution is -1.92. The van der Waals surface area contributed by atoms with Gasteiger partial charge in [-0.25, -0.2) is 0 Å². The van der Waals surface area contributed by atoms with Gasteiger partial charge in [0.05, 0.1) is 6.26 Å². The lowest BCUT2D eigenvalue weighted by atomic mass is 9.92. The highest BCUT2D eigenvalue weighted by molar-refractivity contribution is 6.00. The van der Waals surface area contributed by atoms with Crippen molar-refractivity contribution >= 4 is 22.4 Å². The van der Waals surface area contributed by atoms with E-state index in [-0.39, 0.29) is 0 Å². The SMILES string of the molecule is Cc1coc(C2=Cc3cccc(-c4cccc5ccccc45)c3C2)c1C. The van der Waals surface area contributed by atoms with E-state index in [1.807, 2.05) is 6.26 Å². The van der Waals surface area contributed by atoms with E-state index in [1.165, 1.54) is 49.7 Å². The van der Waals surface area contributed by atoms with E-state index in [0.29, 0.717) is 0 Å². The van der Waals surface area contributed by atoms with Crippen LogP contribution in [0, 0.1) is 13.8 Å². The molecule has 0 atom stereocenters. The second kappa shape index (κ2) is 5.74. The van der Waals surface area contributed by atoms with Gasteiger partial charge in [0, 0.05) is 12.0 Å². The Hall–Kier alpha value is -3.06. The van der Waals surface area contributed by atoms with E-state index < -0.39 is 0 Å². The molecule has 1 aliphatic carbocycles. The normalized spacial score (nSPS) is 13.1. The van der Waals surface area contributed by atoms with Crippen molar-refractivity contribution in [3.63, 3.8) is 0 Å². The van der Waals surface area contributed by atoms with Crippen molar-refractivity contribution in [2.75, 3.05) is 0 Å². The number of benzene rings is 3. The first-order valence-electron chi connectivity index (χ1n) is 9.08. The quantitative estimate of drug-likeness (QED) is 0.392. The van der Waals surface area contributed by atoms with E-state index in [1.54, 1.807) is 0 Å². The van der Waals surface area contributed by atoms with Crippen molar-refractivity contribution in [3.05, 3.63) is 94.9 Å². The molecule has 0 unspecified atom stereocenters. The van der Waals surface area contributed by atoms with Gasteiger partial charge < -0.3 is 4.42 Å². The molecule has 0 spiro atoms. The predicted molar refractivity (Wildman–Crippen MR) is 109 cm³/mol. The molecule has 3 aromatic carbocycles. The van der Waals surface area contributed by atoms with E-state index in [2.05, 4.69) is 80.6 Å². The Balaban J connectivity index is 1.65. The lowest BCUT2D eigenvalue weighted by molar-refractivity contribution is 0.548. The van der Waals surface area contributed by atoms with Crippen LogP contribution in [-0.2, 0) is 6.42 Å². The Morgan fingerprint density at radius 3 is 2.42 bits per heavy atom. The Kier molecular flexibility index (Phi) is 3.36. The van der Waals surface area contributed by atoms with Crippen LogP contribution in [0.4, 0.5) is 0 Å². The third kappa shape index (κ3) is 2.24. The van der Waals surface area contributed by atoms with Crippen molar-refractivity contribution in [3.8, 4) is 11.1 Å². The first kappa shape index (κ1) is 15.2. The molecular formula is C25H20O. The van der Waals surface area contributed by atoms with Gasteiger partial charge in [0.15, 0.2) is 0 Å². The smallest absolute Gasteiger partial charge is 0.133 e. The highest BCUT2D eigenvalue weighted by Crippen LogP contribution is 2.40. The Morgan fingerprint density at radius 2 is 1.58 bits per heavy atom. The van der Waals surface area contributed by atoms with Crippen molar-refractivity contribution in [1.82, 2.24) is 0 Å². The van der Waals surface area contributed by atoms with Crippen LogP contribution in [0.3, 0.4) is 0 Å². The molecule has 1 heterocycles. The number of allylic oxidation sites excluding steroid dienone is 1. The van der Waals surface area contributed by atoms with Gasteiger partial charge in [-0.1, -0.05) is 60.7 Å². The van der Waals surface area contributed by atoms with E-state index in [4.69, 9.17) is 4.42 Å². The molecule has 1 aliphatic rings. The standard InChI is InChI=1S/C25H20O/c1-16-15-26-25(17(16)2)20-13-19-9-6-12-23(24(19)14-20)22-11-5-8-18-7-3-4-10-21(18)22/h3-13,15H,14H2,1-2H3. The predicted octanol–water partition coefficient (Wildman–Crippen LogP) is 6.81. The summed E-state index contributed by atoms with van der Waals surface area (Å²) in [5, 5.41) is 2.59. The molecule has 126 valence electrons. The van der Waals surface area contributed by atoms with Gasteiger partial charge in [0.25, 0.3) is 0 Å². The summed E-state index contributed by atoms with van der Waals surface area (Å²) in [7, 11) is 0. The van der Waals surface area contributed by atoms with Crippen molar-refractivity contribution in [2.24, 2.45) is 0 Å². The summed E-state index contributed by atoms with van der Waals surface area (Å²) in [5.41, 5.74) is 9.07. The zero-order chi connectivity index (χ0) is 17.7. The number of hydrogen-bond acceptors (Lipinski definition) is 1. The average molecular weight is 336 g/mol. The van der Waals surface area contributed by atoms with Crippen LogP contribution in [0.5, 0.6) is 0 Å². The molecule has 1 aromatic heterocycles. The van der Waals surface area contributed by atoms with Crippen LogP contribution in [-0.4, -0.2) is 0 Å². The maximum atomic E-state index is 5.86. The summed E-state index contributed by atoms with van der Waals surface area (Å²) in [6.45, 7) is 4.25. The minimum atomic E-state index is 0.919. The van der Waals surface area contributed by atoms with E-state index >= 15 is 0 Å². The summed E-state index contributed by atoms with van der Waals surface area (Å²) < 4.78 is 5.86. The van der Waals surface area contributed by atoms with Crippen LogP contribution < -0.4 is 0 Å². The number of furan rings is 1. The minimum Gasteiger partial charge on any atom is -0.464 e. The van der Waals surface area contributed by atoms with Crippen molar-refractivity contribution in [1.29, 1.82) is 0 Å². The van der Waals surface area contributed by atoms with Gasteiger partial charge in [-0.15, -0.1) is 0 Å². The highest BCUT2D eigenvalue weighted by Gasteiger charge is 2.22. The van der Waals surface area contributed by atoms with Crippen LogP contribution in [0.25, 0.3) is 33.5 Å². The Bertz CT molecular complexity index is 1170. The van der Waals surface area contributed by atoms with Crippen molar-refractivity contribution < 1.29 is 4.42 Å². The molecule has 0 bridgehead atoms. The third-order valence-corrected chi connectivity index (χ3v) is 5.57. The first-order chi connectivity index (χ1) is 12.7. The summed E-state index contributed by atoms with van der Waals surface area (Å²) in [6.07, 6.45) is 5.07. The topological polar surface area (TPSA) is 13.1 Å². The van der Waals surface area contributed by atoms with Crippen LogP contribution in [0.1, 0.15) is 28.0 Å². The van der Waals surface area contributed by atoms with E-state index in [9.17, 15) is 0 Å². The molecule has 1 heteroatoms. The third-order valence-electron chi connectivity index (χ3n) is 5.57. The monoisotopic (exact) mass is 336 g/mol. The number of aryl methyl sites for hydroxylation is 1. The lowest BCUT2D eigenvalue weighted by Gasteiger charge is -2.12. The second-order valence-corrected chi connectivity index (χ2v) is 7.12. The molecule has 5 rings (SSSR count). The molecule has 0 saturated carbocycles. The number of fused-ring (bicyclic) bond motifs is 2. The summed E-state index contributed by atoms with van der Waals surface area (Å²) >= 11 is 0. The Labute approximate surface area is 153 Å². The molecule has 4 aromatic rings. The van der Waals surface area contributed by atoms with Crippen molar-refractivity contribution in [2.45, 2.75) is 20.3 Å². The highest BCUT2D eigenvalue weighted by atomic mass is 16.3. The molecule has 1 nitrogen and oxygen atoms in total. The largest absolute Gasteiger partial charge is 0.464 e. The van der Waals surface area contributed by atoms with Gasteiger partial charge in [0.1, 0.15) is 5.76 Å². The first-order valence-corrected chi connectivity index (χ1v) is 9.08. The van der Waals surface area contributed by atoms with Gasteiger partial charge in [-0.3, -0.25) is 0 Å². The molecule has 0 amide bonds.